The van der Waals surface area contributed by atoms with E-state index in [4.69, 9.17) is 16.0 Å². The molecule has 0 unspecified atom stereocenters. The van der Waals surface area contributed by atoms with Crippen LogP contribution in [-0.4, -0.2) is 10.9 Å². The molecule has 0 aliphatic carbocycles. The summed E-state index contributed by atoms with van der Waals surface area (Å²) in [7, 11) is 0. The molecule has 2 heterocycles. The van der Waals surface area contributed by atoms with Gasteiger partial charge in [-0.05, 0) is 50.6 Å². The van der Waals surface area contributed by atoms with Gasteiger partial charge in [0.1, 0.15) is 5.58 Å². The Morgan fingerprint density at radius 1 is 1.15 bits per heavy atom. The number of aromatic nitrogens is 1. The first-order valence-corrected chi connectivity index (χ1v) is 9.71. The van der Waals surface area contributed by atoms with Gasteiger partial charge in [0.2, 0.25) is 0 Å². The van der Waals surface area contributed by atoms with Crippen LogP contribution >= 0.6 is 22.9 Å². The average molecular weight is 397 g/mol. The number of halogens is 1. The lowest BCUT2D eigenvalue weighted by Crippen LogP contribution is -2.11. The number of hydrogen-bond donors (Lipinski definition) is 1. The number of nitrogens with zero attached hydrogens (tertiary/aromatic N) is 1. The SMILES string of the molecule is Cc1ccc(C)c(-c2csc(NC(=O)c3oc4ccc(Cl)cc4c3C)n2)c1. The fraction of sp³-hybridized carbons (Fsp3) is 0.143. The molecule has 0 fully saturated rings. The highest BCUT2D eigenvalue weighted by Gasteiger charge is 2.19. The van der Waals surface area contributed by atoms with Crippen molar-refractivity contribution in [1.29, 1.82) is 0 Å². The van der Waals surface area contributed by atoms with Gasteiger partial charge in [-0.3, -0.25) is 10.1 Å². The minimum absolute atomic E-state index is 0.274. The van der Waals surface area contributed by atoms with Crippen molar-refractivity contribution in [2.75, 3.05) is 5.32 Å². The van der Waals surface area contributed by atoms with Crippen LogP contribution in [0.25, 0.3) is 22.2 Å². The van der Waals surface area contributed by atoms with Crippen LogP contribution in [0.3, 0.4) is 0 Å². The Bertz CT molecular complexity index is 1180. The lowest BCUT2D eigenvalue weighted by molar-refractivity contribution is 0.0998. The smallest absolute Gasteiger partial charge is 0.293 e. The molecular formula is C21H17ClN2O2S. The molecule has 4 aromatic rings. The zero-order valence-electron chi connectivity index (χ0n) is 15.1. The lowest BCUT2D eigenvalue weighted by atomic mass is 10.0. The highest BCUT2D eigenvalue weighted by Crippen LogP contribution is 2.31. The van der Waals surface area contributed by atoms with E-state index >= 15 is 0 Å². The van der Waals surface area contributed by atoms with E-state index in [0.717, 1.165) is 27.8 Å². The van der Waals surface area contributed by atoms with Gasteiger partial charge in [-0.2, -0.15) is 0 Å². The van der Waals surface area contributed by atoms with E-state index in [-0.39, 0.29) is 11.7 Å². The van der Waals surface area contributed by atoms with Crippen LogP contribution in [0, 0.1) is 20.8 Å². The van der Waals surface area contributed by atoms with Gasteiger partial charge in [0.15, 0.2) is 10.9 Å². The number of thiazole rings is 1. The van der Waals surface area contributed by atoms with Crippen LogP contribution < -0.4 is 5.32 Å². The molecule has 0 bridgehead atoms. The lowest BCUT2D eigenvalue weighted by Gasteiger charge is -2.04. The molecule has 0 atom stereocenters. The minimum atomic E-state index is -0.318. The van der Waals surface area contributed by atoms with E-state index in [1.807, 2.05) is 12.3 Å². The summed E-state index contributed by atoms with van der Waals surface area (Å²) in [6.07, 6.45) is 0. The number of carbonyl (C=O) groups excluding carboxylic acids is 1. The summed E-state index contributed by atoms with van der Waals surface area (Å²) in [6, 6.07) is 11.6. The number of furan rings is 1. The molecule has 0 saturated heterocycles. The van der Waals surface area contributed by atoms with Crippen molar-refractivity contribution in [2.24, 2.45) is 0 Å². The van der Waals surface area contributed by atoms with E-state index in [2.05, 4.69) is 42.3 Å². The second kappa shape index (κ2) is 6.83. The number of fused-ring (bicyclic) bond motifs is 1. The molecule has 2 aromatic carbocycles. The third kappa shape index (κ3) is 3.36. The normalized spacial score (nSPS) is 11.1. The summed E-state index contributed by atoms with van der Waals surface area (Å²) in [5, 5.41) is 6.77. The summed E-state index contributed by atoms with van der Waals surface area (Å²) in [5.41, 5.74) is 5.64. The molecule has 0 saturated carbocycles. The standard InChI is InChI=1S/C21H17ClN2O2S/c1-11-4-5-12(2)15(8-11)17-10-27-21(23-17)24-20(25)19-13(3)16-9-14(22)6-7-18(16)26-19/h4-10H,1-3H3,(H,23,24,25). The van der Waals surface area contributed by atoms with Crippen LogP contribution in [-0.2, 0) is 0 Å². The Morgan fingerprint density at radius 3 is 2.78 bits per heavy atom. The molecule has 0 aliphatic heterocycles. The van der Waals surface area contributed by atoms with Crippen molar-refractivity contribution in [1.82, 2.24) is 4.98 Å². The van der Waals surface area contributed by atoms with Gasteiger partial charge in [0, 0.05) is 26.9 Å². The Kier molecular flexibility index (Phi) is 4.50. The Balaban J connectivity index is 1.62. The van der Waals surface area contributed by atoms with Crippen molar-refractivity contribution in [3.8, 4) is 11.3 Å². The van der Waals surface area contributed by atoms with Crippen LogP contribution in [0.5, 0.6) is 0 Å². The predicted octanol–water partition coefficient (Wildman–Crippen LogP) is 6.39. The minimum Gasteiger partial charge on any atom is -0.451 e. The fourth-order valence-electron chi connectivity index (χ4n) is 3.03. The molecular weight excluding hydrogens is 380 g/mol. The molecule has 0 aliphatic rings. The molecule has 4 nitrogen and oxygen atoms in total. The number of benzene rings is 2. The molecule has 4 rings (SSSR count). The Labute approximate surface area is 165 Å². The molecule has 0 radical (unpaired) electrons. The molecule has 0 spiro atoms. The van der Waals surface area contributed by atoms with E-state index in [1.54, 1.807) is 18.2 Å². The first-order chi connectivity index (χ1) is 12.9. The van der Waals surface area contributed by atoms with Crippen LogP contribution in [0.2, 0.25) is 5.02 Å². The topological polar surface area (TPSA) is 55.1 Å². The number of anilines is 1. The number of hydrogen-bond acceptors (Lipinski definition) is 4. The third-order valence-electron chi connectivity index (χ3n) is 4.50. The highest BCUT2D eigenvalue weighted by atomic mass is 35.5. The van der Waals surface area contributed by atoms with Gasteiger partial charge in [-0.1, -0.05) is 29.3 Å². The van der Waals surface area contributed by atoms with Gasteiger partial charge in [0.05, 0.1) is 5.69 Å². The van der Waals surface area contributed by atoms with Crippen LogP contribution in [0.4, 0.5) is 5.13 Å². The van der Waals surface area contributed by atoms with Crippen molar-refractivity contribution in [2.45, 2.75) is 20.8 Å². The maximum absolute atomic E-state index is 12.7. The monoisotopic (exact) mass is 396 g/mol. The fourth-order valence-corrected chi connectivity index (χ4v) is 3.91. The Morgan fingerprint density at radius 2 is 1.96 bits per heavy atom. The summed E-state index contributed by atoms with van der Waals surface area (Å²) < 4.78 is 5.72. The number of amides is 1. The highest BCUT2D eigenvalue weighted by molar-refractivity contribution is 7.14. The second-order valence-corrected chi connectivity index (χ2v) is 7.80. The van der Waals surface area contributed by atoms with Crippen molar-refractivity contribution < 1.29 is 9.21 Å². The van der Waals surface area contributed by atoms with Gasteiger partial charge in [0.25, 0.3) is 5.91 Å². The zero-order valence-corrected chi connectivity index (χ0v) is 16.7. The summed E-state index contributed by atoms with van der Waals surface area (Å²) in [4.78, 5) is 17.3. The molecule has 2 aromatic heterocycles. The van der Waals surface area contributed by atoms with E-state index in [0.29, 0.717) is 15.7 Å². The average Bonchev–Trinajstić information content (AvgIpc) is 3.22. The second-order valence-electron chi connectivity index (χ2n) is 6.51. The van der Waals surface area contributed by atoms with Crippen molar-refractivity contribution in [3.63, 3.8) is 0 Å². The molecule has 136 valence electrons. The zero-order chi connectivity index (χ0) is 19.1. The molecule has 1 amide bonds. The van der Waals surface area contributed by atoms with Crippen molar-refractivity contribution >= 4 is 44.9 Å². The summed E-state index contributed by atoms with van der Waals surface area (Å²) >= 11 is 7.43. The quantitative estimate of drug-likeness (QED) is 0.436. The molecule has 1 N–H and O–H groups in total. The van der Waals surface area contributed by atoms with Crippen LogP contribution in [0.1, 0.15) is 27.2 Å². The first kappa shape index (κ1) is 17.8. The molecule has 27 heavy (non-hydrogen) atoms. The first-order valence-electron chi connectivity index (χ1n) is 8.45. The van der Waals surface area contributed by atoms with Gasteiger partial charge in [-0.15, -0.1) is 11.3 Å². The molecule has 6 heteroatoms. The number of carbonyl (C=O) groups is 1. The largest absolute Gasteiger partial charge is 0.451 e. The number of nitrogens with one attached hydrogen (secondary N) is 1. The van der Waals surface area contributed by atoms with E-state index in [9.17, 15) is 4.79 Å². The Hall–Kier alpha value is -2.63. The van der Waals surface area contributed by atoms with Gasteiger partial charge < -0.3 is 4.42 Å². The number of aryl methyl sites for hydroxylation is 3. The maximum atomic E-state index is 12.7. The van der Waals surface area contributed by atoms with Crippen LogP contribution in [0.15, 0.2) is 46.2 Å². The number of rotatable bonds is 3. The van der Waals surface area contributed by atoms with Gasteiger partial charge in [-0.25, -0.2) is 4.98 Å². The summed E-state index contributed by atoms with van der Waals surface area (Å²) in [6.45, 7) is 5.95. The van der Waals surface area contributed by atoms with E-state index < -0.39 is 0 Å². The predicted molar refractivity (Wildman–Crippen MR) is 111 cm³/mol. The van der Waals surface area contributed by atoms with Gasteiger partial charge >= 0.3 is 0 Å². The van der Waals surface area contributed by atoms with E-state index in [1.165, 1.54) is 16.9 Å². The third-order valence-corrected chi connectivity index (χ3v) is 5.49. The summed E-state index contributed by atoms with van der Waals surface area (Å²) in [5.74, 6) is -0.0440. The maximum Gasteiger partial charge on any atom is 0.293 e. The van der Waals surface area contributed by atoms with Crippen molar-refractivity contribution in [3.05, 3.63) is 69.3 Å².